The molecule has 2 rings (SSSR count). The lowest BCUT2D eigenvalue weighted by Gasteiger charge is -2.19. The lowest BCUT2D eigenvalue weighted by atomic mass is 9.98. The van der Waals surface area contributed by atoms with Crippen LogP contribution >= 0.6 is 11.6 Å². The molecular formula is C15H14ClF2NO. The molecular weight excluding hydrogens is 284 g/mol. The van der Waals surface area contributed by atoms with Gasteiger partial charge in [-0.05, 0) is 36.4 Å². The molecule has 2 aromatic carbocycles. The third-order valence-corrected chi connectivity index (χ3v) is 3.49. The minimum absolute atomic E-state index is 0.0306. The maximum absolute atomic E-state index is 13.8. The van der Waals surface area contributed by atoms with Gasteiger partial charge in [-0.2, -0.15) is 0 Å². The van der Waals surface area contributed by atoms with E-state index in [1.54, 1.807) is 25.2 Å². The molecule has 0 spiro atoms. The first kappa shape index (κ1) is 14.8. The topological polar surface area (TPSA) is 21.3 Å². The summed E-state index contributed by atoms with van der Waals surface area (Å²) in [6, 6.07) is 8.75. The fourth-order valence-corrected chi connectivity index (χ4v) is 2.34. The quantitative estimate of drug-likeness (QED) is 0.923. The van der Waals surface area contributed by atoms with Crippen LogP contribution in [0.5, 0.6) is 5.75 Å². The predicted octanol–water partition coefficient (Wildman–Crippen LogP) is 3.94. The van der Waals surface area contributed by atoms with Crippen LogP contribution in [0.3, 0.4) is 0 Å². The fourth-order valence-electron chi connectivity index (χ4n) is 2.11. The van der Waals surface area contributed by atoms with Crippen molar-refractivity contribution in [3.8, 4) is 5.75 Å². The summed E-state index contributed by atoms with van der Waals surface area (Å²) in [7, 11) is 3.10. The van der Waals surface area contributed by atoms with Gasteiger partial charge in [-0.1, -0.05) is 29.8 Å². The van der Waals surface area contributed by atoms with E-state index in [4.69, 9.17) is 16.3 Å². The molecule has 0 fully saturated rings. The average Bonchev–Trinajstić information content (AvgIpc) is 2.44. The fraction of sp³-hybridized carbons (Fsp3) is 0.200. The molecule has 0 radical (unpaired) electrons. The van der Waals surface area contributed by atoms with Gasteiger partial charge >= 0.3 is 0 Å². The molecule has 0 aliphatic carbocycles. The molecule has 0 aliphatic rings. The number of nitrogens with one attached hydrogen (secondary N) is 1. The second-order valence-electron chi connectivity index (χ2n) is 4.26. The third-order valence-electron chi connectivity index (χ3n) is 3.09. The zero-order valence-corrected chi connectivity index (χ0v) is 11.8. The number of rotatable bonds is 4. The van der Waals surface area contributed by atoms with Gasteiger partial charge in [-0.15, -0.1) is 0 Å². The first-order valence-corrected chi connectivity index (χ1v) is 6.41. The summed E-state index contributed by atoms with van der Waals surface area (Å²) < 4.78 is 32.2. The van der Waals surface area contributed by atoms with Crippen LogP contribution in [0.25, 0.3) is 0 Å². The van der Waals surface area contributed by atoms with Crippen molar-refractivity contribution < 1.29 is 13.5 Å². The average molecular weight is 298 g/mol. The summed E-state index contributed by atoms with van der Waals surface area (Å²) in [5.74, 6) is -0.815. The molecule has 2 nitrogen and oxygen atoms in total. The Hall–Kier alpha value is -1.65. The molecule has 0 bridgehead atoms. The van der Waals surface area contributed by atoms with Crippen LogP contribution in [0.2, 0.25) is 5.02 Å². The van der Waals surface area contributed by atoms with Gasteiger partial charge in [0.2, 0.25) is 0 Å². The van der Waals surface area contributed by atoms with Crippen LogP contribution in [0, 0.1) is 11.6 Å². The maximum Gasteiger partial charge on any atom is 0.165 e. The molecule has 1 unspecified atom stereocenters. The van der Waals surface area contributed by atoms with Crippen molar-refractivity contribution in [1.82, 2.24) is 5.32 Å². The molecule has 106 valence electrons. The van der Waals surface area contributed by atoms with Crippen LogP contribution in [0.4, 0.5) is 8.78 Å². The highest BCUT2D eigenvalue weighted by Gasteiger charge is 2.18. The SMILES string of the molecule is CNC(c1ccc(OC)c(F)c1)c1cccc(F)c1Cl. The highest BCUT2D eigenvalue weighted by molar-refractivity contribution is 6.31. The number of halogens is 3. The Morgan fingerprint density at radius 2 is 1.90 bits per heavy atom. The van der Waals surface area contributed by atoms with Gasteiger partial charge in [0.05, 0.1) is 18.2 Å². The summed E-state index contributed by atoms with van der Waals surface area (Å²) in [6.07, 6.45) is 0. The van der Waals surface area contributed by atoms with Crippen LogP contribution in [0.1, 0.15) is 17.2 Å². The van der Waals surface area contributed by atoms with E-state index in [0.29, 0.717) is 11.1 Å². The molecule has 1 atom stereocenters. The second kappa shape index (κ2) is 6.20. The number of ether oxygens (including phenoxy) is 1. The molecule has 20 heavy (non-hydrogen) atoms. The van der Waals surface area contributed by atoms with Gasteiger partial charge in [0.1, 0.15) is 5.82 Å². The minimum Gasteiger partial charge on any atom is -0.494 e. The molecule has 1 N–H and O–H groups in total. The van der Waals surface area contributed by atoms with Gasteiger partial charge in [-0.25, -0.2) is 8.78 Å². The Morgan fingerprint density at radius 1 is 1.15 bits per heavy atom. The Kier molecular flexibility index (Phi) is 4.57. The van der Waals surface area contributed by atoms with E-state index in [0.717, 1.165) is 0 Å². The van der Waals surface area contributed by atoms with Crippen molar-refractivity contribution in [2.45, 2.75) is 6.04 Å². The first-order valence-electron chi connectivity index (χ1n) is 6.03. The van der Waals surface area contributed by atoms with Crippen LogP contribution in [-0.4, -0.2) is 14.2 Å². The highest BCUT2D eigenvalue weighted by Crippen LogP contribution is 2.31. The standard InChI is InChI=1S/C15H14ClF2NO/c1-19-15(10-4-3-5-11(17)14(10)16)9-6-7-13(20-2)12(18)8-9/h3-8,15,19H,1-2H3. The Bertz CT molecular complexity index is 619. The van der Waals surface area contributed by atoms with E-state index in [9.17, 15) is 8.78 Å². The lowest BCUT2D eigenvalue weighted by Crippen LogP contribution is -2.18. The van der Waals surface area contributed by atoms with E-state index in [1.807, 2.05) is 0 Å². The summed E-state index contributed by atoms with van der Waals surface area (Å²) in [5.41, 5.74) is 1.19. The zero-order valence-electron chi connectivity index (χ0n) is 11.1. The maximum atomic E-state index is 13.8. The smallest absolute Gasteiger partial charge is 0.165 e. The van der Waals surface area contributed by atoms with Gasteiger partial charge in [0, 0.05) is 0 Å². The van der Waals surface area contributed by atoms with Gasteiger partial charge in [-0.3, -0.25) is 0 Å². The molecule has 0 saturated heterocycles. The number of benzene rings is 2. The van der Waals surface area contributed by atoms with Crippen molar-refractivity contribution in [2.24, 2.45) is 0 Å². The molecule has 0 saturated carbocycles. The summed E-state index contributed by atoms with van der Waals surface area (Å²) >= 11 is 5.98. The first-order chi connectivity index (χ1) is 9.58. The summed E-state index contributed by atoms with van der Waals surface area (Å²) in [4.78, 5) is 0. The predicted molar refractivity (Wildman–Crippen MR) is 75.3 cm³/mol. The molecule has 0 aliphatic heterocycles. The van der Waals surface area contributed by atoms with E-state index in [2.05, 4.69) is 5.32 Å². The Morgan fingerprint density at radius 3 is 2.50 bits per heavy atom. The van der Waals surface area contributed by atoms with Crippen molar-refractivity contribution in [3.05, 3.63) is 64.2 Å². The number of hydrogen-bond donors (Lipinski definition) is 1. The van der Waals surface area contributed by atoms with Crippen molar-refractivity contribution in [1.29, 1.82) is 0 Å². The molecule has 5 heteroatoms. The number of hydrogen-bond acceptors (Lipinski definition) is 2. The highest BCUT2D eigenvalue weighted by atomic mass is 35.5. The second-order valence-corrected chi connectivity index (χ2v) is 4.64. The van der Waals surface area contributed by atoms with Gasteiger partial charge in [0.15, 0.2) is 11.6 Å². The third kappa shape index (κ3) is 2.76. The molecule has 0 aromatic heterocycles. The van der Waals surface area contributed by atoms with E-state index in [-0.39, 0.29) is 10.8 Å². The normalized spacial score (nSPS) is 12.2. The van der Waals surface area contributed by atoms with Crippen LogP contribution in [0.15, 0.2) is 36.4 Å². The molecule has 0 amide bonds. The van der Waals surface area contributed by atoms with Crippen molar-refractivity contribution in [3.63, 3.8) is 0 Å². The van der Waals surface area contributed by atoms with Gasteiger partial charge in [0.25, 0.3) is 0 Å². The monoisotopic (exact) mass is 297 g/mol. The number of methoxy groups -OCH3 is 1. The van der Waals surface area contributed by atoms with Gasteiger partial charge < -0.3 is 10.1 Å². The Balaban J connectivity index is 2.47. The zero-order chi connectivity index (χ0) is 14.7. The molecule has 2 aromatic rings. The van der Waals surface area contributed by atoms with E-state index in [1.165, 1.54) is 25.3 Å². The largest absolute Gasteiger partial charge is 0.494 e. The van der Waals surface area contributed by atoms with E-state index < -0.39 is 17.7 Å². The van der Waals surface area contributed by atoms with Crippen molar-refractivity contribution >= 4 is 11.6 Å². The summed E-state index contributed by atoms with van der Waals surface area (Å²) in [5, 5.41) is 3.04. The Labute approximate surface area is 121 Å². The minimum atomic E-state index is -0.501. The lowest BCUT2D eigenvalue weighted by molar-refractivity contribution is 0.386. The van der Waals surface area contributed by atoms with Crippen molar-refractivity contribution in [2.75, 3.05) is 14.2 Å². The molecule has 0 heterocycles. The van der Waals surface area contributed by atoms with E-state index >= 15 is 0 Å². The van der Waals surface area contributed by atoms with Crippen LogP contribution in [-0.2, 0) is 0 Å². The van der Waals surface area contributed by atoms with Crippen LogP contribution < -0.4 is 10.1 Å². The summed E-state index contributed by atoms with van der Waals surface area (Å²) in [6.45, 7) is 0.